The fraction of sp³-hybridized carbons (Fsp3) is 0.100. The van der Waals surface area contributed by atoms with Crippen molar-refractivity contribution in [3.05, 3.63) is 88.4 Å². The number of para-hydroxylation sites is 2. The normalized spacial score (nSPS) is 11.2. The number of benzene rings is 3. The second-order valence-electron chi connectivity index (χ2n) is 5.70. The number of methoxy groups -OCH3 is 1. The minimum Gasteiger partial charge on any atom is -0.495 e. The third kappa shape index (κ3) is 4.05. The van der Waals surface area contributed by atoms with Crippen LogP contribution in [0.3, 0.4) is 0 Å². The van der Waals surface area contributed by atoms with Gasteiger partial charge in [0.05, 0.1) is 24.2 Å². The molecule has 0 heterocycles. The molecule has 0 aromatic heterocycles. The van der Waals surface area contributed by atoms with Crippen LogP contribution in [-0.4, -0.2) is 15.5 Å². The highest BCUT2D eigenvalue weighted by Crippen LogP contribution is 2.36. The monoisotopic (exact) mass is 421 g/mol. The van der Waals surface area contributed by atoms with E-state index in [1.807, 2.05) is 0 Å². The van der Waals surface area contributed by atoms with Crippen molar-refractivity contribution >= 4 is 38.9 Å². The summed E-state index contributed by atoms with van der Waals surface area (Å²) in [7, 11) is -2.39. The molecule has 7 heteroatoms. The maximum absolute atomic E-state index is 13.4. The Balaban J connectivity index is 2.18. The number of halogens is 2. The summed E-state index contributed by atoms with van der Waals surface area (Å²) < 4.78 is 33.5. The SMILES string of the molecule is COc1ccccc1N(Cc1c(Cl)cccc1Cl)S(=O)(=O)c1ccccc1. The van der Waals surface area contributed by atoms with Crippen molar-refractivity contribution in [2.24, 2.45) is 0 Å². The molecule has 0 radical (unpaired) electrons. The fourth-order valence-electron chi connectivity index (χ4n) is 2.68. The Kier molecular flexibility index (Phi) is 5.95. The van der Waals surface area contributed by atoms with Gasteiger partial charge in [0, 0.05) is 15.6 Å². The number of nitrogens with zero attached hydrogens (tertiary/aromatic N) is 1. The first-order valence-corrected chi connectivity index (χ1v) is 10.3. The van der Waals surface area contributed by atoms with Gasteiger partial charge in [-0.2, -0.15) is 0 Å². The van der Waals surface area contributed by atoms with Gasteiger partial charge in [0.25, 0.3) is 10.0 Å². The maximum atomic E-state index is 13.4. The molecule has 3 rings (SSSR count). The molecule has 0 atom stereocenters. The number of anilines is 1. The third-order valence-electron chi connectivity index (χ3n) is 4.05. The maximum Gasteiger partial charge on any atom is 0.264 e. The van der Waals surface area contributed by atoms with Crippen molar-refractivity contribution in [1.82, 2.24) is 0 Å². The summed E-state index contributed by atoms with van der Waals surface area (Å²) in [5.41, 5.74) is 0.922. The Morgan fingerprint density at radius 2 is 1.44 bits per heavy atom. The molecular formula is C20H17Cl2NO3S. The zero-order chi connectivity index (χ0) is 19.4. The van der Waals surface area contributed by atoms with Crippen molar-refractivity contribution in [2.45, 2.75) is 11.4 Å². The molecule has 4 nitrogen and oxygen atoms in total. The van der Waals surface area contributed by atoms with Crippen molar-refractivity contribution < 1.29 is 13.2 Å². The zero-order valence-corrected chi connectivity index (χ0v) is 16.8. The van der Waals surface area contributed by atoms with E-state index in [9.17, 15) is 8.42 Å². The van der Waals surface area contributed by atoms with Gasteiger partial charge in [0.1, 0.15) is 5.75 Å². The molecule has 0 N–H and O–H groups in total. The molecule has 0 fully saturated rings. The first-order valence-electron chi connectivity index (χ1n) is 8.09. The quantitative estimate of drug-likeness (QED) is 0.535. The van der Waals surface area contributed by atoms with Crippen LogP contribution in [-0.2, 0) is 16.6 Å². The molecule has 0 aliphatic rings. The molecule has 3 aromatic carbocycles. The molecule has 0 saturated carbocycles. The Labute approximate surface area is 169 Å². The molecule has 0 saturated heterocycles. The van der Waals surface area contributed by atoms with Crippen molar-refractivity contribution in [1.29, 1.82) is 0 Å². The highest BCUT2D eigenvalue weighted by Gasteiger charge is 2.28. The highest BCUT2D eigenvalue weighted by molar-refractivity contribution is 7.92. The molecular weight excluding hydrogens is 405 g/mol. The lowest BCUT2D eigenvalue weighted by Gasteiger charge is -2.27. The smallest absolute Gasteiger partial charge is 0.264 e. The van der Waals surface area contributed by atoms with Crippen molar-refractivity contribution in [3.63, 3.8) is 0 Å². The van der Waals surface area contributed by atoms with Gasteiger partial charge in [-0.05, 0) is 36.4 Å². The van der Waals surface area contributed by atoms with E-state index in [0.717, 1.165) is 0 Å². The minimum atomic E-state index is -3.88. The van der Waals surface area contributed by atoms with Gasteiger partial charge in [-0.1, -0.05) is 59.6 Å². The lowest BCUT2D eigenvalue weighted by molar-refractivity contribution is 0.415. The van der Waals surface area contributed by atoms with E-state index in [4.69, 9.17) is 27.9 Å². The molecule has 0 spiro atoms. The fourth-order valence-corrected chi connectivity index (χ4v) is 4.66. The summed E-state index contributed by atoms with van der Waals surface area (Å²) in [6, 6.07) is 20.2. The zero-order valence-electron chi connectivity index (χ0n) is 14.5. The van der Waals surface area contributed by atoms with E-state index in [1.54, 1.807) is 72.8 Å². The van der Waals surface area contributed by atoms with Crippen LogP contribution in [0.5, 0.6) is 5.75 Å². The van der Waals surface area contributed by atoms with Crippen LogP contribution in [0.15, 0.2) is 77.7 Å². The van der Waals surface area contributed by atoms with Crippen LogP contribution in [0.4, 0.5) is 5.69 Å². The molecule has 0 aliphatic carbocycles. The lowest BCUT2D eigenvalue weighted by atomic mass is 10.2. The molecule has 27 heavy (non-hydrogen) atoms. The number of hydrogen-bond donors (Lipinski definition) is 0. The lowest BCUT2D eigenvalue weighted by Crippen LogP contribution is -2.31. The van der Waals surface area contributed by atoms with Gasteiger partial charge in [-0.3, -0.25) is 4.31 Å². The van der Waals surface area contributed by atoms with Gasteiger partial charge in [-0.15, -0.1) is 0 Å². The summed E-state index contributed by atoms with van der Waals surface area (Å²) in [6.07, 6.45) is 0. The largest absolute Gasteiger partial charge is 0.495 e. The van der Waals surface area contributed by atoms with E-state index in [2.05, 4.69) is 0 Å². The topological polar surface area (TPSA) is 46.6 Å². The standard InChI is InChI=1S/C20H17Cl2NO3S/c1-26-20-13-6-5-12-19(20)23(14-16-17(21)10-7-11-18(16)22)27(24,25)15-8-3-2-4-9-15/h2-13H,14H2,1H3. The van der Waals surface area contributed by atoms with Crippen LogP contribution in [0.2, 0.25) is 10.0 Å². The van der Waals surface area contributed by atoms with Gasteiger partial charge in [-0.25, -0.2) is 8.42 Å². The highest BCUT2D eigenvalue weighted by atomic mass is 35.5. The van der Waals surface area contributed by atoms with Crippen LogP contribution in [0, 0.1) is 0 Å². The predicted octanol–water partition coefficient (Wildman–Crippen LogP) is 5.40. The van der Waals surface area contributed by atoms with Gasteiger partial charge < -0.3 is 4.74 Å². The average Bonchev–Trinajstić information content (AvgIpc) is 2.68. The van der Waals surface area contributed by atoms with Crippen LogP contribution in [0.25, 0.3) is 0 Å². The Morgan fingerprint density at radius 3 is 2.07 bits per heavy atom. The molecule has 0 aliphatic heterocycles. The average molecular weight is 422 g/mol. The van der Waals surface area contributed by atoms with E-state index in [0.29, 0.717) is 27.0 Å². The molecule has 3 aromatic rings. The van der Waals surface area contributed by atoms with E-state index in [1.165, 1.54) is 11.4 Å². The summed E-state index contributed by atoms with van der Waals surface area (Å²) in [5, 5.41) is 0.788. The molecule has 0 bridgehead atoms. The number of ether oxygens (including phenoxy) is 1. The van der Waals surface area contributed by atoms with Crippen LogP contribution in [0.1, 0.15) is 5.56 Å². The van der Waals surface area contributed by atoms with Gasteiger partial charge in [0.15, 0.2) is 0 Å². The van der Waals surface area contributed by atoms with Gasteiger partial charge >= 0.3 is 0 Å². The van der Waals surface area contributed by atoms with E-state index < -0.39 is 10.0 Å². The number of sulfonamides is 1. The number of hydrogen-bond acceptors (Lipinski definition) is 3. The second kappa shape index (κ2) is 8.21. The first-order chi connectivity index (χ1) is 12.9. The van der Waals surface area contributed by atoms with Crippen LogP contribution < -0.4 is 9.04 Å². The summed E-state index contributed by atoms with van der Waals surface area (Å²) in [6.45, 7) is -0.0316. The van der Waals surface area contributed by atoms with Crippen LogP contribution >= 0.6 is 23.2 Å². The van der Waals surface area contributed by atoms with Crippen molar-refractivity contribution in [3.8, 4) is 5.75 Å². The Bertz CT molecular complexity index is 1020. The van der Waals surface area contributed by atoms with E-state index in [-0.39, 0.29) is 11.4 Å². The molecule has 0 amide bonds. The molecule has 140 valence electrons. The minimum absolute atomic E-state index is 0.0316. The summed E-state index contributed by atoms with van der Waals surface area (Å²) in [5.74, 6) is 0.431. The van der Waals surface area contributed by atoms with Gasteiger partial charge in [0.2, 0.25) is 0 Å². The van der Waals surface area contributed by atoms with E-state index >= 15 is 0 Å². The van der Waals surface area contributed by atoms with Crippen molar-refractivity contribution in [2.75, 3.05) is 11.4 Å². The third-order valence-corrected chi connectivity index (χ3v) is 6.53. The predicted molar refractivity (Wildman–Crippen MR) is 109 cm³/mol. The summed E-state index contributed by atoms with van der Waals surface area (Å²) >= 11 is 12.6. The number of rotatable bonds is 6. The summed E-state index contributed by atoms with van der Waals surface area (Å²) in [4.78, 5) is 0.166. The first kappa shape index (κ1) is 19.5. The Morgan fingerprint density at radius 1 is 0.852 bits per heavy atom. The molecule has 0 unspecified atom stereocenters. The second-order valence-corrected chi connectivity index (χ2v) is 8.37. The Hall–Kier alpha value is -2.21.